The van der Waals surface area contributed by atoms with E-state index in [0.717, 1.165) is 5.75 Å². The molecule has 0 aromatic heterocycles. The van der Waals surface area contributed by atoms with Gasteiger partial charge in [-0.15, -0.1) is 11.8 Å². The fraction of sp³-hybridized carbons (Fsp3) is 0.833. The van der Waals surface area contributed by atoms with E-state index in [1.54, 1.807) is 11.8 Å². The summed E-state index contributed by atoms with van der Waals surface area (Å²) in [5, 5.41) is 5.84. The summed E-state index contributed by atoms with van der Waals surface area (Å²) in [4.78, 5) is 10.9. The third-order valence-electron chi connectivity index (χ3n) is 1.40. The zero-order valence-electron chi connectivity index (χ0n) is 6.46. The topological polar surface area (TPSA) is 67.2 Å². The van der Waals surface area contributed by atoms with Gasteiger partial charge in [-0.05, 0) is 5.75 Å². The van der Waals surface area contributed by atoms with Gasteiger partial charge in [-0.1, -0.05) is 6.92 Å². The van der Waals surface area contributed by atoms with Crippen molar-refractivity contribution in [3.63, 3.8) is 0 Å². The van der Waals surface area contributed by atoms with E-state index < -0.39 is 0 Å². The average molecular weight is 175 g/mol. The van der Waals surface area contributed by atoms with Gasteiger partial charge in [-0.2, -0.15) is 0 Å². The summed E-state index contributed by atoms with van der Waals surface area (Å²) < 4.78 is 0. The maximum Gasteiger partial charge on any atom is 0.224 e. The number of rotatable bonds is 2. The van der Waals surface area contributed by atoms with Crippen LogP contribution in [0.5, 0.6) is 0 Å². The zero-order chi connectivity index (χ0) is 8.27. The van der Waals surface area contributed by atoms with Crippen LogP contribution >= 0.6 is 11.8 Å². The number of carbonyl (C=O) groups excluding carboxylic acids is 1. The van der Waals surface area contributed by atoms with Crippen LogP contribution in [-0.4, -0.2) is 23.3 Å². The molecule has 64 valence electrons. The third kappa shape index (κ3) is 2.69. The zero-order valence-corrected chi connectivity index (χ0v) is 7.28. The molecule has 0 bridgehead atoms. The van der Waals surface area contributed by atoms with Crippen molar-refractivity contribution in [2.24, 2.45) is 5.73 Å². The van der Waals surface area contributed by atoms with Gasteiger partial charge in [0.15, 0.2) is 0 Å². The molecule has 0 spiro atoms. The van der Waals surface area contributed by atoms with E-state index in [1.165, 1.54) is 0 Å². The molecule has 1 rings (SSSR count). The number of thioether (sulfide) groups is 1. The van der Waals surface area contributed by atoms with Crippen molar-refractivity contribution in [3.05, 3.63) is 0 Å². The summed E-state index contributed by atoms with van der Waals surface area (Å²) in [6.07, 6.45) is 0.189. The maximum absolute atomic E-state index is 10.9. The van der Waals surface area contributed by atoms with Crippen LogP contribution in [0.1, 0.15) is 13.3 Å². The molecule has 0 radical (unpaired) electrons. The Hall–Kier alpha value is -0.260. The van der Waals surface area contributed by atoms with Gasteiger partial charge in [0.25, 0.3) is 0 Å². The monoisotopic (exact) mass is 175 g/mol. The second kappa shape index (κ2) is 3.94. The van der Waals surface area contributed by atoms with Gasteiger partial charge in [0.2, 0.25) is 5.91 Å². The Morgan fingerprint density at radius 3 is 3.09 bits per heavy atom. The van der Waals surface area contributed by atoms with Crippen molar-refractivity contribution in [2.75, 3.05) is 5.75 Å². The summed E-state index contributed by atoms with van der Waals surface area (Å²) in [5.41, 5.74) is 5.56. The molecule has 4 nitrogen and oxygen atoms in total. The fourth-order valence-electron chi connectivity index (χ4n) is 0.956. The molecule has 1 saturated heterocycles. The van der Waals surface area contributed by atoms with Crippen molar-refractivity contribution < 1.29 is 4.79 Å². The molecule has 0 aliphatic carbocycles. The largest absolute Gasteiger partial charge is 0.332 e. The summed E-state index contributed by atoms with van der Waals surface area (Å²) in [6, 6.07) is 0. The van der Waals surface area contributed by atoms with Crippen molar-refractivity contribution in [1.82, 2.24) is 10.6 Å². The van der Waals surface area contributed by atoms with Crippen molar-refractivity contribution >= 4 is 17.7 Å². The van der Waals surface area contributed by atoms with Crippen LogP contribution < -0.4 is 16.4 Å². The van der Waals surface area contributed by atoms with E-state index in [0.29, 0.717) is 6.42 Å². The highest BCUT2D eigenvalue weighted by molar-refractivity contribution is 7.99. The van der Waals surface area contributed by atoms with Crippen LogP contribution in [-0.2, 0) is 4.79 Å². The van der Waals surface area contributed by atoms with E-state index in [4.69, 9.17) is 5.73 Å². The van der Waals surface area contributed by atoms with E-state index in [-0.39, 0.29) is 17.6 Å². The Labute approximate surface area is 70.3 Å². The van der Waals surface area contributed by atoms with Crippen LogP contribution in [0.4, 0.5) is 0 Å². The molecule has 1 aliphatic rings. The molecule has 2 unspecified atom stereocenters. The molecule has 0 aromatic carbocycles. The van der Waals surface area contributed by atoms with E-state index in [2.05, 4.69) is 10.6 Å². The van der Waals surface area contributed by atoms with Crippen LogP contribution in [0.3, 0.4) is 0 Å². The average Bonchev–Trinajstić information content (AvgIpc) is 1.85. The normalized spacial score (nSPS) is 31.6. The predicted octanol–water partition coefficient (Wildman–Crippen LogP) is -0.583. The molecule has 11 heavy (non-hydrogen) atoms. The highest BCUT2D eigenvalue weighted by atomic mass is 32.2. The first-order valence-electron chi connectivity index (χ1n) is 3.65. The Balaban J connectivity index is 2.36. The molecule has 1 amide bonds. The quantitative estimate of drug-likeness (QED) is 0.525. The Kier molecular flexibility index (Phi) is 3.16. The Morgan fingerprint density at radius 2 is 2.55 bits per heavy atom. The minimum Gasteiger partial charge on any atom is -0.332 e. The summed E-state index contributed by atoms with van der Waals surface area (Å²) >= 11 is 1.64. The van der Waals surface area contributed by atoms with Crippen LogP contribution in [0, 0.1) is 0 Å². The Bertz CT molecular complexity index is 153. The van der Waals surface area contributed by atoms with Crippen molar-refractivity contribution in [3.8, 4) is 0 Å². The molecule has 5 heteroatoms. The molecule has 2 atom stereocenters. The summed E-state index contributed by atoms with van der Waals surface area (Å²) in [7, 11) is 0. The highest BCUT2D eigenvalue weighted by Gasteiger charge is 2.22. The van der Waals surface area contributed by atoms with E-state index in [1.807, 2.05) is 6.92 Å². The first kappa shape index (κ1) is 8.83. The lowest BCUT2D eigenvalue weighted by atomic mass is 10.3. The number of nitrogens with one attached hydrogen (secondary N) is 2. The van der Waals surface area contributed by atoms with Gasteiger partial charge in [-0.25, -0.2) is 0 Å². The number of carbonyl (C=O) groups is 1. The third-order valence-corrected chi connectivity index (χ3v) is 2.32. The van der Waals surface area contributed by atoms with E-state index in [9.17, 15) is 4.79 Å². The SMILES string of the molecule is CCSC1NC(=O)CC(N)N1. The first-order valence-corrected chi connectivity index (χ1v) is 4.70. The highest BCUT2D eigenvalue weighted by Crippen LogP contribution is 2.08. The van der Waals surface area contributed by atoms with E-state index >= 15 is 0 Å². The molecule has 4 N–H and O–H groups in total. The van der Waals surface area contributed by atoms with Gasteiger partial charge in [0.05, 0.1) is 12.6 Å². The predicted molar refractivity (Wildman–Crippen MR) is 45.8 cm³/mol. The van der Waals surface area contributed by atoms with Crippen LogP contribution in [0.25, 0.3) is 0 Å². The van der Waals surface area contributed by atoms with Crippen LogP contribution in [0.2, 0.25) is 0 Å². The number of hydrogen-bond donors (Lipinski definition) is 3. The molecule has 1 aliphatic heterocycles. The lowest BCUT2D eigenvalue weighted by Gasteiger charge is -2.28. The second-order valence-corrected chi connectivity index (χ2v) is 3.76. The lowest BCUT2D eigenvalue weighted by molar-refractivity contribution is -0.123. The summed E-state index contributed by atoms with van der Waals surface area (Å²) in [6.45, 7) is 2.04. The fourth-order valence-corrected chi connectivity index (χ4v) is 1.78. The number of hydrogen-bond acceptors (Lipinski definition) is 4. The smallest absolute Gasteiger partial charge is 0.224 e. The molecular formula is C6H13N3OS. The maximum atomic E-state index is 10.9. The standard InChI is InChI=1S/C6H13N3OS/c1-2-11-6-8-4(7)3-5(10)9-6/h4,6,8H,2-3,7H2,1H3,(H,9,10). The summed E-state index contributed by atoms with van der Waals surface area (Å²) in [5.74, 6) is 0.993. The first-order chi connectivity index (χ1) is 5.22. The van der Waals surface area contributed by atoms with Gasteiger partial charge in [0.1, 0.15) is 5.50 Å². The molecule has 1 heterocycles. The van der Waals surface area contributed by atoms with Gasteiger partial charge < -0.3 is 11.1 Å². The molecular weight excluding hydrogens is 162 g/mol. The minimum atomic E-state index is -0.187. The minimum absolute atomic E-state index is 0.00347. The lowest BCUT2D eigenvalue weighted by Crippen LogP contribution is -2.57. The van der Waals surface area contributed by atoms with Crippen LogP contribution in [0.15, 0.2) is 0 Å². The number of amides is 1. The second-order valence-electron chi connectivity index (χ2n) is 2.38. The Morgan fingerprint density at radius 1 is 1.82 bits per heavy atom. The molecule has 0 aromatic rings. The van der Waals surface area contributed by atoms with Gasteiger partial charge >= 0.3 is 0 Å². The van der Waals surface area contributed by atoms with Gasteiger partial charge in [0, 0.05) is 0 Å². The molecule has 0 saturated carbocycles. The van der Waals surface area contributed by atoms with Crippen molar-refractivity contribution in [2.45, 2.75) is 25.0 Å². The van der Waals surface area contributed by atoms with Gasteiger partial charge in [-0.3, -0.25) is 10.1 Å². The number of nitrogens with two attached hydrogens (primary N) is 1. The molecule has 1 fully saturated rings. The van der Waals surface area contributed by atoms with Crippen molar-refractivity contribution in [1.29, 1.82) is 0 Å².